The lowest BCUT2D eigenvalue weighted by molar-refractivity contribution is -0.161. The molecule has 34 heavy (non-hydrogen) atoms. The van der Waals surface area contributed by atoms with Gasteiger partial charge in [-0.3, -0.25) is 4.79 Å². The molecule has 0 amide bonds. The molecule has 1 aliphatic rings. The first-order chi connectivity index (χ1) is 16.1. The molecule has 1 aliphatic heterocycles. The molecular weight excluding hydrogens is 466 g/mol. The zero-order valence-corrected chi connectivity index (χ0v) is 19.9. The Morgan fingerprint density at radius 2 is 1.71 bits per heavy atom. The van der Waals surface area contributed by atoms with E-state index in [1.54, 1.807) is 13.8 Å². The van der Waals surface area contributed by atoms with Crippen molar-refractivity contribution >= 4 is 16.0 Å². The Hall–Kier alpha value is -2.54. The van der Waals surface area contributed by atoms with Crippen molar-refractivity contribution in [2.75, 3.05) is 13.7 Å². The van der Waals surface area contributed by atoms with Crippen molar-refractivity contribution < 1.29 is 42.4 Å². The van der Waals surface area contributed by atoms with Gasteiger partial charge < -0.3 is 29.2 Å². The molecule has 1 saturated heterocycles. The van der Waals surface area contributed by atoms with Crippen molar-refractivity contribution in [1.82, 2.24) is 4.72 Å². The van der Waals surface area contributed by atoms with Gasteiger partial charge in [0.1, 0.15) is 36.7 Å². The first-order valence-electron chi connectivity index (χ1n) is 10.6. The third-order valence-electron chi connectivity index (χ3n) is 5.18. The molecule has 11 heteroatoms. The lowest BCUT2D eigenvalue weighted by Gasteiger charge is -2.27. The predicted octanol–water partition coefficient (Wildman–Crippen LogP) is 0.959. The summed E-state index contributed by atoms with van der Waals surface area (Å²) in [5.41, 5.74) is 0.961. The fourth-order valence-electron chi connectivity index (χ4n) is 3.54. The first kappa shape index (κ1) is 26.1. The minimum absolute atomic E-state index is 0.120. The molecule has 2 aromatic carbocycles. The molecule has 0 radical (unpaired) electrons. The summed E-state index contributed by atoms with van der Waals surface area (Å²) in [5, 5.41) is 19.5. The Bertz CT molecular complexity index is 1060. The van der Waals surface area contributed by atoms with Gasteiger partial charge in [-0.25, -0.2) is 8.42 Å². The summed E-state index contributed by atoms with van der Waals surface area (Å²) in [4.78, 5) is 12.4. The maximum absolute atomic E-state index is 13.0. The summed E-state index contributed by atoms with van der Waals surface area (Å²) in [6.45, 7) is 2.73. The summed E-state index contributed by atoms with van der Waals surface area (Å²) < 4.78 is 50.1. The molecule has 1 heterocycles. The van der Waals surface area contributed by atoms with Crippen LogP contribution in [0.25, 0.3) is 0 Å². The van der Waals surface area contributed by atoms with Crippen LogP contribution in [0.15, 0.2) is 59.5 Å². The number of carbonyl (C=O) groups is 1. The monoisotopic (exact) mass is 495 g/mol. The SMILES string of the molecule is COC(=O)[C@H](NS(=O)(=O)c1ccc(OCc2ccccc2)cc1)[C@H]1OC(C)(C)O[C@@H]1[C@H](O)CO. The van der Waals surface area contributed by atoms with E-state index in [1.165, 1.54) is 24.3 Å². The molecular formula is C23H29NO9S. The molecule has 0 aromatic heterocycles. The number of aliphatic hydroxyl groups is 2. The fraction of sp³-hybridized carbons (Fsp3) is 0.435. The van der Waals surface area contributed by atoms with E-state index < -0.39 is 52.7 Å². The van der Waals surface area contributed by atoms with Crippen molar-refractivity contribution in [1.29, 1.82) is 0 Å². The highest BCUT2D eigenvalue weighted by molar-refractivity contribution is 7.89. The second-order valence-corrected chi connectivity index (χ2v) is 9.90. The number of benzene rings is 2. The van der Waals surface area contributed by atoms with Gasteiger partial charge in [0.05, 0.1) is 18.6 Å². The van der Waals surface area contributed by atoms with Crippen molar-refractivity contribution in [3.63, 3.8) is 0 Å². The number of aliphatic hydroxyl groups excluding tert-OH is 2. The van der Waals surface area contributed by atoms with Gasteiger partial charge in [-0.05, 0) is 43.7 Å². The Labute approximate surface area is 198 Å². The Balaban J connectivity index is 1.77. The highest BCUT2D eigenvalue weighted by Gasteiger charge is 2.51. The molecule has 4 atom stereocenters. The maximum atomic E-state index is 13.0. The van der Waals surface area contributed by atoms with Gasteiger partial charge in [0.25, 0.3) is 0 Å². The molecule has 0 aliphatic carbocycles. The normalized spacial score (nSPS) is 21.6. The zero-order chi connectivity index (χ0) is 24.9. The van der Waals surface area contributed by atoms with Gasteiger partial charge in [-0.2, -0.15) is 4.72 Å². The van der Waals surface area contributed by atoms with Gasteiger partial charge in [0.15, 0.2) is 5.79 Å². The van der Waals surface area contributed by atoms with Crippen LogP contribution >= 0.6 is 0 Å². The first-order valence-corrected chi connectivity index (χ1v) is 12.1. The minimum atomic E-state index is -4.22. The number of methoxy groups -OCH3 is 1. The Morgan fingerprint density at radius 3 is 2.29 bits per heavy atom. The standard InChI is InChI=1S/C23H29NO9S/c1-23(2)32-20(18(26)13-25)21(33-23)19(22(27)30-3)24-34(28,29)17-11-9-16(10-12-17)31-14-15-7-5-4-6-8-15/h4-12,18-21,24-26H,13-14H2,1-3H3/t18-,19-,20-,21-/m1/s1. The molecule has 3 rings (SSSR count). The van der Waals surface area contributed by atoms with Crippen LogP contribution in [0.4, 0.5) is 0 Å². The van der Waals surface area contributed by atoms with Gasteiger partial charge in [-0.15, -0.1) is 0 Å². The highest BCUT2D eigenvalue weighted by atomic mass is 32.2. The number of ether oxygens (including phenoxy) is 4. The van der Waals surface area contributed by atoms with Crippen molar-refractivity contribution in [2.45, 2.75) is 55.5 Å². The summed E-state index contributed by atoms with van der Waals surface area (Å²) in [5.74, 6) is -1.71. The Kier molecular flexibility index (Phi) is 8.29. The topological polar surface area (TPSA) is 141 Å². The summed E-state index contributed by atoms with van der Waals surface area (Å²) in [7, 11) is -3.12. The van der Waals surface area contributed by atoms with E-state index >= 15 is 0 Å². The van der Waals surface area contributed by atoms with E-state index in [4.69, 9.17) is 18.9 Å². The third kappa shape index (κ3) is 6.32. The van der Waals surface area contributed by atoms with Crippen LogP contribution in [0.1, 0.15) is 19.4 Å². The molecule has 0 bridgehead atoms. The maximum Gasteiger partial charge on any atom is 0.326 e. The number of hydrogen-bond donors (Lipinski definition) is 3. The largest absolute Gasteiger partial charge is 0.489 e. The highest BCUT2D eigenvalue weighted by Crippen LogP contribution is 2.32. The molecule has 2 aromatic rings. The smallest absolute Gasteiger partial charge is 0.326 e. The number of hydrogen-bond acceptors (Lipinski definition) is 9. The Morgan fingerprint density at radius 1 is 1.09 bits per heavy atom. The third-order valence-corrected chi connectivity index (χ3v) is 6.64. The van der Waals surface area contributed by atoms with E-state index in [0.29, 0.717) is 12.4 Å². The van der Waals surface area contributed by atoms with Crippen LogP contribution < -0.4 is 9.46 Å². The quantitative estimate of drug-likeness (QED) is 0.411. The van der Waals surface area contributed by atoms with E-state index in [9.17, 15) is 23.4 Å². The van der Waals surface area contributed by atoms with Crippen LogP contribution in [-0.4, -0.2) is 68.5 Å². The van der Waals surface area contributed by atoms with Crippen LogP contribution in [-0.2, 0) is 35.6 Å². The number of nitrogens with one attached hydrogen (secondary N) is 1. The zero-order valence-electron chi connectivity index (χ0n) is 19.1. The molecule has 186 valence electrons. The van der Waals surface area contributed by atoms with Gasteiger partial charge in [0, 0.05) is 0 Å². The van der Waals surface area contributed by atoms with Crippen LogP contribution in [0.2, 0.25) is 0 Å². The number of rotatable bonds is 10. The van der Waals surface area contributed by atoms with Crippen molar-refractivity contribution in [3.05, 3.63) is 60.2 Å². The van der Waals surface area contributed by atoms with Crippen LogP contribution in [0.5, 0.6) is 5.75 Å². The molecule has 3 N–H and O–H groups in total. The van der Waals surface area contributed by atoms with E-state index in [0.717, 1.165) is 12.7 Å². The van der Waals surface area contributed by atoms with Gasteiger partial charge in [-0.1, -0.05) is 30.3 Å². The summed E-state index contributed by atoms with van der Waals surface area (Å²) in [6.07, 6.45) is -3.85. The van der Waals surface area contributed by atoms with E-state index in [-0.39, 0.29) is 4.90 Å². The molecule has 0 saturated carbocycles. The van der Waals surface area contributed by atoms with Crippen LogP contribution in [0, 0.1) is 0 Å². The van der Waals surface area contributed by atoms with Crippen molar-refractivity contribution in [2.24, 2.45) is 0 Å². The second-order valence-electron chi connectivity index (χ2n) is 8.18. The lowest BCUT2D eigenvalue weighted by atomic mass is 10.0. The second kappa shape index (κ2) is 10.8. The predicted molar refractivity (Wildman–Crippen MR) is 120 cm³/mol. The summed E-state index contributed by atoms with van der Waals surface area (Å²) in [6, 6.07) is 13.6. The van der Waals surface area contributed by atoms with Crippen molar-refractivity contribution in [3.8, 4) is 5.75 Å². The molecule has 1 fully saturated rings. The molecule has 10 nitrogen and oxygen atoms in total. The molecule has 0 spiro atoms. The summed E-state index contributed by atoms with van der Waals surface area (Å²) >= 11 is 0. The fourth-order valence-corrected chi connectivity index (χ4v) is 4.74. The van der Waals surface area contributed by atoms with E-state index in [2.05, 4.69) is 4.72 Å². The number of esters is 1. The lowest BCUT2D eigenvalue weighted by Crippen LogP contribution is -2.55. The number of sulfonamides is 1. The average molecular weight is 496 g/mol. The minimum Gasteiger partial charge on any atom is -0.489 e. The number of carbonyl (C=O) groups excluding carboxylic acids is 1. The van der Waals surface area contributed by atoms with E-state index in [1.807, 2.05) is 30.3 Å². The van der Waals surface area contributed by atoms with Gasteiger partial charge >= 0.3 is 5.97 Å². The molecule has 0 unspecified atom stereocenters. The van der Waals surface area contributed by atoms with Crippen LogP contribution in [0.3, 0.4) is 0 Å². The van der Waals surface area contributed by atoms with Gasteiger partial charge in [0.2, 0.25) is 10.0 Å². The average Bonchev–Trinajstić information content (AvgIpc) is 3.16.